The number of nitrogens with zero attached hydrogens (tertiary/aromatic N) is 4. The van der Waals surface area contributed by atoms with Crippen molar-refractivity contribution in [3.63, 3.8) is 0 Å². The molecule has 0 saturated heterocycles. The van der Waals surface area contributed by atoms with E-state index >= 15 is 0 Å². The lowest BCUT2D eigenvalue weighted by Crippen LogP contribution is -2.42. The molecule has 0 radical (unpaired) electrons. The van der Waals surface area contributed by atoms with Crippen LogP contribution in [0.4, 0.5) is 10.1 Å². The van der Waals surface area contributed by atoms with Crippen LogP contribution in [-0.4, -0.2) is 50.0 Å². The van der Waals surface area contributed by atoms with Crippen molar-refractivity contribution in [1.82, 2.24) is 19.9 Å². The maximum absolute atomic E-state index is 14.0. The third-order valence-corrected chi connectivity index (χ3v) is 5.19. The highest BCUT2D eigenvalue weighted by Gasteiger charge is 2.28. The molecule has 1 aliphatic carbocycles. The first kappa shape index (κ1) is 20.8. The second-order valence-corrected chi connectivity index (χ2v) is 8.28. The average molecular weight is 422 g/mol. The minimum atomic E-state index is -1.60. The van der Waals surface area contributed by atoms with E-state index in [1.165, 1.54) is 26.2 Å². The van der Waals surface area contributed by atoms with Crippen molar-refractivity contribution in [2.75, 3.05) is 11.9 Å². The van der Waals surface area contributed by atoms with Gasteiger partial charge in [-0.1, -0.05) is 0 Å². The molecule has 3 aromatic rings. The molecule has 3 N–H and O–H groups in total. The van der Waals surface area contributed by atoms with Crippen molar-refractivity contribution in [3.8, 4) is 17.5 Å². The Hall–Kier alpha value is -3.51. The Morgan fingerprint density at radius 3 is 2.84 bits per heavy atom. The summed E-state index contributed by atoms with van der Waals surface area (Å²) in [6.45, 7) is 2.41. The molecule has 1 atom stereocenters. The average Bonchev–Trinajstić information content (AvgIpc) is 3.46. The molecule has 9 heteroatoms. The zero-order valence-corrected chi connectivity index (χ0v) is 17.3. The molecule has 1 saturated carbocycles. The van der Waals surface area contributed by atoms with Crippen LogP contribution < -0.4 is 10.6 Å². The number of amides is 1. The quantitative estimate of drug-likeness (QED) is 0.539. The van der Waals surface area contributed by atoms with Crippen molar-refractivity contribution in [3.05, 3.63) is 47.8 Å². The molecule has 8 nitrogen and oxygen atoms in total. The van der Waals surface area contributed by atoms with Gasteiger partial charge >= 0.3 is 0 Å². The monoisotopic (exact) mass is 422 g/mol. The number of hydrogen-bond acceptors (Lipinski definition) is 6. The molecule has 0 aliphatic heterocycles. The highest BCUT2D eigenvalue weighted by atomic mass is 19.1. The van der Waals surface area contributed by atoms with Gasteiger partial charge in [0.05, 0.1) is 52.1 Å². The van der Waals surface area contributed by atoms with Gasteiger partial charge in [0, 0.05) is 12.2 Å². The normalized spacial score (nSPS) is 14.8. The molecule has 3 heterocycles. The lowest BCUT2D eigenvalue weighted by molar-refractivity contribution is -0.00177. The fourth-order valence-electron chi connectivity index (χ4n) is 3.12. The Labute approximate surface area is 178 Å². The van der Waals surface area contributed by atoms with Crippen molar-refractivity contribution in [2.45, 2.75) is 44.5 Å². The largest absolute Gasteiger partial charge is 0.387 e. The standard InChI is InChI=1S/C22H23FN6O2/c1-22(2,31)20(23)12-26-21(30)16-11-25-18(8-17(16)28-14-3-4-14)19-6-5-15-7-13(9-24)10-27-29(15)19/h5-8,10-11,14,20,31H,3-4,12H2,1-2H3,(H,25,28)(H,26,30)/t20-/m1/s1. The fourth-order valence-corrected chi connectivity index (χ4v) is 3.12. The number of rotatable bonds is 7. The predicted molar refractivity (Wildman–Crippen MR) is 113 cm³/mol. The van der Waals surface area contributed by atoms with Crippen LogP contribution in [0, 0.1) is 11.3 Å². The van der Waals surface area contributed by atoms with Gasteiger partial charge < -0.3 is 15.7 Å². The van der Waals surface area contributed by atoms with Crippen molar-refractivity contribution in [2.24, 2.45) is 0 Å². The van der Waals surface area contributed by atoms with Gasteiger partial charge in [0.15, 0.2) is 0 Å². The Morgan fingerprint density at radius 1 is 1.39 bits per heavy atom. The highest BCUT2D eigenvalue weighted by Crippen LogP contribution is 2.30. The number of fused-ring (bicyclic) bond motifs is 1. The minimum absolute atomic E-state index is 0.285. The first-order valence-corrected chi connectivity index (χ1v) is 10.1. The summed E-state index contributed by atoms with van der Waals surface area (Å²) in [6.07, 6.45) is 3.36. The predicted octanol–water partition coefficient (Wildman–Crippen LogP) is 2.68. The van der Waals surface area contributed by atoms with Crippen LogP contribution in [0.1, 0.15) is 42.6 Å². The molecule has 0 bridgehead atoms. The molecule has 1 amide bonds. The van der Waals surface area contributed by atoms with E-state index in [1.807, 2.05) is 12.1 Å². The van der Waals surface area contributed by atoms with Crippen LogP contribution >= 0.6 is 0 Å². The number of pyridine rings is 1. The fraction of sp³-hybridized carbons (Fsp3) is 0.364. The number of alkyl halides is 1. The summed E-state index contributed by atoms with van der Waals surface area (Å²) >= 11 is 0. The summed E-state index contributed by atoms with van der Waals surface area (Å²) in [5.41, 5.74) is 1.92. The number of anilines is 1. The molecule has 0 unspecified atom stereocenters. The number of halogens is 1. The first-order chi connectivity index (χ1) is 14.8. The summed E-state index contributed by atoms with van der Waals surface area (Å²) < 4.78 is 15.7. The lowest BCUT2D eigenvalue weighted by Gasteiger charge is -2.22. The summed E-state index contributed by atoms with van der Waals surface area (Å²) in [5, 5.41) is 29.0. The Bertz CT molecular complexity index is 1170. The van der Waals surface area contributed by atoms with Crippen LogP contribution in [-0.2, 0) is 0 Å². The summed E-state index contributed by atoms with van der Waals surface area (Å²) in [7, 11) is 0. The van der Waals surface area contributed by atoms with E-state index in [2.05, 4.69) is 26.8 Å². The second-order valence-electron chi connectivity index (χ2n) is 8.28. The maximum Gasteiger partial charge on any atom is 0.255 e. The number of carbonyl (C=O) groups is 1. The molecular formula is C22H23FN6O2. The van der Waals surface area contributed by atoms with Gasteiger partial charge in [0.1, 0.15) is 12.2 Å². The molecule has 31 heavy (non-hydrogen) atoms. The van der Waals surface area contributed by atoms with E-state index in [-0.39, 0.29) is 12.6 Å². The number of nitriles is 1. The number of aliphatic hydroxyl groups is 1. The van der Waals surface area contributed by atoms with Crippen molar-refractivity contribution in [1.29, 1.82) is 5.26 Å². The van der Waals surface area contributed by atoms with Crippen molar-refractivity contribution < 1.29 is 14.3 Å². The van der Waals surface area contributed by atoms with Gasteiger partial charge in [0.25, 0.3) is 5.91 Å². The smallest absolute Gasteiger partial charge is 0.255 e. The lowest BCUT2D eigenvalue weighted by atomic mass is 10.0. The molecule has 3 aromatic heterocycles. The van der Waals surface area contributed by atoms with Crippen LogP contribution in [0.2, 0.25) is 0 Å². The van der Waals surface area contributed by atoms with E-state index in [0.717, 1.165) is 24.1 Å². The molecule has 0 spiro atoms. The van der Waals surface area contributed by atoms with E-state index in [4.69, 9.17) is 5.26 Å². The minimum Gasteiger partial charge on any atom is -0.387 e. The second kappa shape index (κ2) is 7.96. The Morgan fingerprint density at radius 2 is 2.16 bits per heavy atom. The summed E-state index contributed by atoms with van der Waals surface area (Å²) in [4.78, 5) is 17.1. The number of aromatic nitrogens is 3. The molecule has 4 rings (SSSR count). The van der Waals surface area contributed by atoms with Gasteiger partial charge in [0.2, 0.25) is 0 Å². The van der Waals surface area contributed by atoms with Crippen LogP contribution in [0.25, 0.3) is 16.9 Å². The Balaban J connectivity index is 1.63. The molecule has 160 valence electrons. The highest BCUT2D eigenvalue weighted by molar-refractivity contribution is 6.00. The number of carbonyl (C=O) groups excluding carboxylic acids is 1. The SMILES string of the molecule is CC(C)(O)[C@H](F)CNC(=O)c1cnc(-c2ccc3cc(C#N)cnn23)cc1NC1CC1. The maximum atomic E-state index is 14.0. The van der Waals surface area contributed by atoms with Gasteiger partial charge in [-0.15, -0.1) is 0 Å². The summed E-state index contributed by atoms with van der Waals surface area (Å²) in [5.74, 6) is -0.467. The molecule has 1 fully saturated rings. The summed E-state index contributed by atoms with van der Waals surface area (Å²) in [6, 6.07) is 9.56. The van der Waals surface area contributed by atoms with Crippen molar-refractivity contribution >= 4 is 17.1 Å². The van der Waals surface area contributed by atoms with Crippen LogP contribution in [0.5, 0.6) is 0 Å². The van der Waals surface area contributed by atoms with Gasteiger partial charge in [-0.3, -0.25) is 9.78 Å². The Kier molecular flexibility index (Phi) is 5.33. The third-order valence-electron chi connectivity index (χ3n) is 5.19. The number of hydrogen-bond donors (Lipinski definition) is 3. The zero-order chi connectivity index (χ0) is 22.2. The topological polar surface area (TPSA) is 115 Å². The van der Waals surface area contributed by atoms with Gasteiger partial charge in [-0.2, -0.15) is 10.4 Å². The number of nitrogens with one attached hydrogen (secondary N) is 2. The molecular weight excluding hydrogens is 399 g/mol. The van der Waals surface area contributed by atoms with Crippen LogP contribution in [0.3, 0.4) is 0 Å². The van der Waals surface area contributed by atoms with Crippen LogP contribution in [0.15, 0.2) is 36.7 Å². The molecule has 0 aromatic carbocycles. The zero-order valence-electron chi connectivity index (χ0n) is 17.3. The van der Waals surface area contributed by atoms with E-state index in [9.17, 15) is 14.3 Å². The van der Waals surface area contributed by atoms with E-state index in [0.29, 0.717) is 22.5 Å². The van der Waals surface area contributed by atoms with E-state index in [1.54, 1.807) is 16.6 Å². The van der Waals surface area contributed by atoms with E-state index < -0.39 is 17.7 Å². The molecule has 1 aliphatic rings. The van der Waals surface area contributed by atoms with Gasteiger partial charge in [-0.05, 0) is 51.0 Å². The third kappa shape index (κ3) is 4.49. The van der Waals surface area contributed by atoms with Gasteiger partial charge in [-0.25, -0.2) is 8.91 Å². The first-order valence-electron chi connectivity index (χ1n) is 10.1.